The number of fused-ring (bicyclic) bond motifs is 1. The molecule has 21 heavy (non-hydrogen) atoms. The van der Waals surface area contributed by atoms with Crippen molar-refractivity contribution in [1.29, 1.82) is 0 Å². The fraction of sp³-hybridized carbons (Fsp3) is 0.167. The lowest BCUT2D eigenvalue weighted by atomic mass is 9.95. The average molecular weight is 297 g/mol. The Hall–Kier alpha value is -1.90. The molecule has 0 aliphatic heterocycles. The molecule has 0 radical (unpaired) electrons. The lowest BCUT2D eigenvalue weighted by Crippen LogP contribution is -2.19. The molecule has 3 heteroatoms. The summed E-state index contributed by atoms with van der Waals surface area (Å²) in [7, 11) is 2.00. The molecule has 0 aliphatic rings. The van der Waals surface area contributed by atoms with Gasteiger partial charge in [0.15, 0.2) is 0 Å². The number of pyridine rings is 1. The minimum absolute atomic E-state index is 0.249. The van der Waals surface area contributed by atoms with Gasteiger partial charge in [-0.05, 0) is 48.2 Å². The molecule has 1 heterocycles. The van der Waals surface area contributed by atoms with E-state index in [1.54, 1.807) is 0 Å². The zero-order valence-corrected chi connectivity index (χ0v) is 12.6. The van der Waals surface area contributed by atoms with Crippen LogP contribution in [0.3, 0.4) is 0 Å². The van der Waals surface area contributed by atoms with Gasteiger partial charge in [-0.25, -0.2) is 0 Å². The predicted octanol–water partition coefficient (Wildman–Crippen LogP) is 4.39. The first kappa shape index (κ1) is 14.1. The molecule has 1 unspecified atom stereocenters. The Kier molecular flexibility index (Phi) is 4.18. The van der Waals surface area contributed by atoms with Gasteiger partial charge in [0.1, 0.15) is 0 Å². The van der Waals surface area contributed by atoms with Gasteiger partial charge in [0.25, 0.3) is 0 Å². The lowest BCUT2D eigenvalue weighted by molar-refractivity contribution is 0.596. The van der Waals surface area contributed by atoms with E-state index in [0.29, 0.717) is 0 Å². The first-order chi connectivity index (χ1) is 10.3. The normalized spacial score (nSPS) is 12.5. The second-order valence-electron chi connectivity index (χ2n) is 5.12. The molecule has 2 nitrogen and oxygen atoms in total. The van der Waals surface area contributed by atoms with Crippen molar-refractivity contribution in [2.24, 2.45) is 0 Å². The van der Waals surface area contributed by atoms with Gasteiger partial charge in [0.2, 0.25) is 0 Å². The number of hydrogen-bond donors (Lipinski definition) is 1. The largest absolute Gasteiger partial charge is 0.313 e. The zero-order valence-electron chi connectivity index (χ0n) is 11.9. The van der Waals surface area contributed by atoms with Gasteiger partial charge >= 0.3 is 0 Å². The maximum atomic E-state index is 5.95. The molecule has 0 saturated heterocycles. The molecule has 0 amide bonds. The van der Waals surface area contributed by atoms with Crippen LogP contribution in [0.5, 0.6) is 0 Å². The molecular formula is C18H17ClN2. The van der Waals surface area contributed by atoms with E-state index in [-0.39, 0.29) is 6.04 Å². The van der Waals surface area contributed by atoms with Crippen molar-refractivity contribution in [1.82, 2.24) is 10.3 Å². The lowest BCUT2D eigenvalue weighted by Gasteiger charge is -2.19. The molecule has 3 rings (SSSR count). The highest BCUT2D eigenvalue weighted by atomic mass is 35.5. The maximum absolute atomic E-state index is 5.95. The molecule has 3 aromatic rings. The van der Waals surface area contributed by atoms with Gasteiger partial charge in [0, 0.05) is 28.8 Å². The summed E-state index contributed by atoms with van der Waals surface area (Å²) in [5, 5.41) is 6.61. The molecule has 0 bridgehead atoms. The third-order valence-electron chi connectivity index (χ3n) is 3.79. The van der Waals surface area contributed by atoms with Crippen molar-refractivity contribution in [2.75, 3.05) is 7.05 Å². The fourth-order valence-corrected chi connectivity index (χ4v) is 2.79. The van der Waals surface area contributed by atoms with Crippen molar-refractivity contribution in [2.45, 2.75) is 12.5 Å². The van der Waals surface area contributed by atoms with Gasteiger partial charge in [0.05, 0.1) is 0 Å². The van der Waals surface area contributed by atoms with Crippen molar-refractivity contribution in [3.05, 3.63) is 77.1 Å². The molecular weight excluding hydrogens is 280 g/mol. The second-order valence-corrected chi connectivity index (χ2v) is 5.55. The minimum Gasteiger partial charge on any atom is -0.313 e. The van der Waals surface area contributed by atoms with E-state index in [9.17, 15) is 0 Å². The van der Waals surface area contributed by atoms with E-state index < -0.39 is 0 Å². The van der Waals surface area contributed by atoms with Crippen molar-refractivity contribution in [3.63, 3.8) is 0 Å². The number of aromatic nitrogens is 1. The van der Waals surface area contributed by atoms with E-state index in [4.69, 9.17) is 11.6 Å². The SMILES string of the molecule is CNC(Cc1ccc(Cl)cc1)c1cccc2ccncc12. The Morgan fingerprint density at radius 2 is 1.90 bits per heavy atom. The molecule has 1 N–H and O–H groups in total. The Bertz CT molecular complexity index is 732. The van der Waals surface area contributed by atoms with Crippen LogP contribution in [0.4, 0.5) is 0 Å². The van der Waals surface area contributed by atoms with Crippen LogP contribution in [0, 0.1) is 0 Å². The third-order valence-corrected chi connectivity index (χ3v) is 4.05. The quantitative estimate of drug-likeness (QED) is 0.772. The summed E-state index contributed by atoms with van der Waals surface area (Å²) < 4.78 is 0. The second kappa shape index (κ2) is 6.25. The smallest absolute Gasteiger partial charge is 0.0406 e. The highest BCUT2D eigenvalue weighted by molar-refractivity contribution is 6.30. The van der Waals surface area contributed by atoms with Gasteiger partial charge in [-0.2, -0.15) is 0 Å². The Labute approximate surface area is 129 Å². The first-order valence-corrected chi connectivity index (χ1v) is 7.40. The number of rotatable bonds is 4. The summed E-state index contributed by atoms with van der Waals surface area (Å²) in [5.41, 5.74) is 2.54. The summed E-state index contributed by atoms with van der Waals surface area (Å²) in [6.45, 7) is 0. The monoisotopic (exact) mass is 296 g/mol. The summed E-state index contributed by atoms with van der Waals surface area (Å²) in [4.78, 5) is 4.26. The number of halogens is 1. The van der Waals surface area contributed by atoms with Crippen LogP contribution in [-0.2, 0) is 6.42 Å². The fourth-order valence-electron chi connectivity index (χ4n) is 2.66. The van der Waals surface area contributed by atoms with E-state index >= 15 is 0 Å². The van der Waals surface area contributed by atoms with Crippen LogP contribution in [0.15, 0.2) is 60.9 Å². The van der Waals surface area contributed by atoms with Crippen molar-refractivity contribution in [3.8, 4) is 0 Å². The number of hydrogen-bond acceptors (Lipinski definition) is 2. The van der Waals surface area contributed by atoms with E-state index in [2.05, 4.69) is 40.6 Å². The topological polar surface area (TPSA) is 24.9 Å². The number of likely N-dealkylation sites (N-methyl/N-ethyl adjacent to an activating group) is 1. The highest BCUT2D eigenvalue weighted by Crippen LogP contribution is 2.26. The summed E-state index contributed by atoms with van der Waals surface area (Å²) >= 11 is 5.95. The number of nitrogens with zero attached hydrogens (tertiary/aromatic N) is 1. The van der Waals surface area contributed by atoms with Crippen LogP contribution in [-0.4, -0.2) is 12.0 Å². The first-order valence-electron chi connectivity index (χ1n) is 7.02. The van der Waals surface area contributed by atoms with Gasteiger partial charge in [-0.15, -0.1) is 0 Å². The van der Waals surface area contributed by atoms with Crippen LogP contribution in [0.25, 0.3) is 10.8 Å². The van der Waals surface area contributed by atoms with Crippen molar-refractivity contribution >= 4 is 22.4 Å². The highest BCUT2D eigenvalue weighted by Gasteiger charge is 2.13. The standard InChI is InChI=1S/C18H17ClN2/c1-20-18(11-13-5-7-15(19)8-6-13)16-4-2-3-14-9-10-21-12-17(14)16/h2-10,12,18,20H,11H2,1H3. The predicted molar refractivity (Wildman–Crippen MR) is 88.7 cm³/mol. The third kappa shape index (κ3) is 3.07. The summed E-state index contributed by atoms with van der Waals surface area (Å²) in [5.74, 6) is 0. The summed E-state index contributed by atoms with van der Waals surface area (Å²) in [6, 6.07) is 16.7. The number of benzene rings is 2. The Morgan fingerprint density at radius 1 is 1.10 bits per heavy atom. The zero-order chi connectivity index (χ0) is 14.7. The van der Waals surface area contributed by atoms with Crippen LogP contribution in [0.1, 0.15) is 17.2 Å². The van der Waals surface area contributed by atoms with Crippen LogP contribution in [0.2, 0.25) is 5.02 Å². The molecule has 2 aromatic carbocycles. The number of nitrogens with one attached hydrogen (secondary N) is 1. The summed E-state index contributed by atoms with van der Waals surface area (Å²) in [6.07, 6.45) is 4.69. The molecule has 0 saturated carbocycles. The molecule has 1 aromatic heterocycles. The minimum atomic E-state index is 0.249. The van der Waals surface area contributed by atoms with Crippen LogP contribution >= 0.6 is 11.6 Å². The van der Waals surface area contributed by atoms with E-state index in [0.717, 1.165) is 11.4 Å². The van der Waals surface area contributed by atoms with E-state index in [1.165, 1.54) is 21.9 Å². The Morgan fingerprint density at radius 3 is 2.67 bits per heavy atom. The molecule has 0 spiro atoms. The van der Waals surface area contributed by atoms with Gasteiger partial charge in [-0.1, -0.05) is 41.9 Å². The molecule has 1 atom stereocenters. The van der Waals surface area contributed by atoms with E-state index in [1.807, 2.05) is 37.6 Å². The molecule has 0 fully saturated rings. The maximum Gasteiger partial charge on any atom is 0.0406 e. The Balaban J connectivity index is 1.96. The van der Waals surface area contributed by atoms with Gasteiger partial charge in [-0.3, -0.25) is 4.98 Å². The van der Waals surface area contributed by atoms with Gasteiger partial charge < -0.3 is 5.32 Å². The molecule has 0 aliphatic carbocycles. The molecule has 106 valence electrons. The van der Waals surface area contributed by atoms with Crippen LogP contribution < -0.4 is 5.32 Å². The van der Waals surface area contributed by atoms with Crippen molar-refractivity contribution < 1.29 is 0 Å². The average Bonchev–Trinajstić information content (AvgIpc) is 2.54.